The summed E-state index contributed by atoms with van der Waals surface area (Å²) in [5, 5.41) is 3.07. The standard InChI is InChI=1S/C4H8N2.C2H6/c1-6-3-2-5-4-6;1-2/h4H,2-3H2,1H3;1-2H3/p+1. The summed E-state index contributed by atoms with van der Waals surface area (Å²) in [6.45, 7) is 6.26. The molecule has 1 rings (SSSR count). The number of nitrogens with zero attached hydrogens (tertiary/aromatic N) is 1. The van der Waals surface area contributed by atoms with Gasteiger partial charge in [0.25, 0.3) is 0 Å². The van der Waals surface area contributed by atoms with E-state index in [9.17, 15) is 0 Å². The number of hydrogen-bond donors (Lipinski definition) is 1. The minimum Gasteiger partial charge on any atom is -0.277 e. The van der Waals surface area contributed by atoms with Gasteiger partial charge in [-0.2, -0.15) is 0 Å². The molecule has 2 heteroatoms. The van der Waals surface area contributed by atoms with Crippen molar-refractivity contribution in [3.05, 3.63) is 0 Å². The maximum Gasteiger partial charge on any atom is 0.232 e. The molecular weight excluding hydrogens is 100 g/mol. The van der Waals surface area contributed by atoms with Crippen LogP contribution >= 0.6 is 0 Å². The van der Waals surface area contributed by atoms with Gasteiger partial charge in [-0.25, -0.2) is 0 Å². The van der Waals surface area contributed by atoms with Gasteiger partial charge in [0.2, 0.25) is 6.34 Å². The van der Waals surface area contributed by atoms with E-state index < -0.39 is 0 Å². The first-order chi connectivity index (χ1) is 3.89. The van der Waals surface area contributed by atoms with E-state index in [0.29, 0.717) is 0 Å². The highest BCUT2D eigenvalue weighted by Gasteiger charge is 1.99. The topological polar surface area (TPSA) is 15.0 Å². The molecule has 0 aliphatic carbocycles. The zero-order valence-corrected chi connectivity index (χ0v) is 5.94. The molecule has 0 saturated carbocycles. The Kier molecular flexibility index (Phi) is 4.32. The Morgan fingerprint density at radius 3 is 2.25 bits per heavy atom. The lowest BCUT2D eigenvalue weighted by Crippen LogP contribution is -2.05. The molecule has 1 heterocycles. The molecule has 0 radical (unpaired) electrons. The van der Waals surface area contributed by atoms with Crippen molar-refractivity contribution in [1.82, 2.24) is 5.32 Å². The number of nitrogens with one attached hydrogen (secondary N) is 1. The minimum atomic E-state index is 1.11. The van der Waals surface area contributed by atoms with Crippen LogP contribution in [0.4, 0.5) is 0 Å². The molecule has 2 nitrogen and oxygen atoms in total. The van der Waals surface area contributed by atoms with Gasteiger partial charge in [0.15, 0.2) is 0 Å². The molecule has 48 valence electrons. The SMILES string of the molecule is CC.C[N+]1=CNCC1. The summed E-state index contributed by atoms with van der Waals surface area (Å²) in [5.41, 5.74) is 0. The van der Waals surface area contributed by atoms with Crippen molar-refractivity contribution in [2.75, 3.05) is 20.1 Å². The Morgan fingerprint density at radius 2 is 2.12 bits per heavy atom. The summed E-state index contributed by atoms with van der Waals surface area (Å²) in [7, 11) is 2.06. The quantitative estimate of drug-likeness (QED) is 0.448. The first-order valence-corrected chi connectivity index (χ1v) is 3.16. The van der Waals surface area contributed by atoms with Crippen molar-refractivity contribution in [3.8, 4) is 0 Å². The summed E-state index contributed by atoms with van der Waals surface area (Å²) in [4.78, 5) is 0. The second kappa shape index (κ2) is 4.62. The zero-order valence-electron chi connectivity index (χ0n) is 5.94. The van der Waals surface area contributed by atoms with Crippen LogP contribution in [0.15, 0.2) is 0 Å². The fourth-order valence-corrected chi connectivity index (χ4v) is 0.526. The molecule has 0 amide bonds. The Balaban J connectivity index is 0.000000222. The number of rotatable bonds is 0. The maximum atomic E-state index is 3.07. The van der Waals surface area contributed by atoms with Crippen molar-refractivity contribution in [1.29, 1.82) is 0 Å². The van der Waals surface area contributed by atoms with Gasteiger partial charge in [-0.05, 0) is 0 Å². The van der Waals surface area contributed by atoms with Crippen molar-refractivity contribution in [2.45, 2.75) is 13.8 Å². The molecule has 0 atom stereocenters. The van der Waals surface area contributed by atoms with Crippen LogP contribution in [0.1, 0.15) is 13.8 Å². The normalized spacial score (nSPS) is 15.6. The van der Waals surface area contributed by atoms with E-state index in [1.807, 2.05) is 20.2 Å². The van der Waals surface area contributed by atoms with E-state index in [0.717, 1.165) is 13.1 Å². The third-order valence-electron chi connectivity index (χ3n) is 0.921. The molecule has 1 N–H and O–H groups in total. The van der Waals surface area contributed by atoms with Gasteiger partial charge in [-0.1, -0.05) is 13.8 Å². The summed E-state index contributed by atoms with van der Waals surface area (Å²) in [6, 6.07) is 0. The predicted molar refractivity (Wildman–Crippen MR) is 36.5 cm³/mol. The van der Waals surface area contributed by atoms with Gasteiger partial charge in [-0.15, -0.1) is 0 Å². The average Bonchev–Trinajstić information content (AvgIpc) is 2.24. The van der Waals surface area contributed by atoms with Crippen LogP contribution in [-0.2, 0) is 0 Å². The van der Waals surface area contributed by atoms with Crippen molar-refractivity contribution < 1.29 is 4.58 Å². The third-order valence-corrected chi connectivity index (χ3v) is 0.921. The van der Waals surface area contributed by atoms with Crippen LogP contribution in [0.5, 0.6) is 0 Å². The van der Waals surface area contributed by atoms with Crippen LogP contribution in [-0.4, -0.2) is 31.1 Å². The Hall–Kier alpha value is -0.530. The highest BCUT2D eigenvalue weighted by atomic mass is 15.1. The first kappa shape index (κ1) is 7.47. The highest BCUT2D eigenvalue weighted by Crippen LogP contribution is 1.68. The minimum absolute atomic E-state index is 1.11. The molecule has 0 unspecified atom stereocenters. The molecule has 0 aromatic carbocycles. The summed E-state index contributed by atoms with van der Waals surface area (Å²) in [6.07, 6.45) is 1.99. The van der Waals surface area contributed by atoms with Crippen LogP contribution in [0, 0.1) is 0 Å². The summed E-state index contributed by atoms with van der Waals surface area (Å²) >= 11 is 0. The zero-order chi connectivity index (χ0) is 6.41. The predicted octanol–water partition coefficient (Wildman–Crippen LogP) is 0.286. The van der Waals surface area contributed by atoms with E-state index in [1.54, 1.807) is 0 Å². The highest BCUT2D eigenvalue weighted by molar-refractivity contribution is 5.48. The maximum absolute atomic E-state index is 3.07. The van der Waals surface area contributed by atoms with Gasteiger partial charge in [0.1, 0.15) is 13.1 Å². The van der Waals surface area contributed by atoms with Gasteiger partial charge < -0.3 is 0 Å². The fraction of sp³-hybridized carbons (Fsp3) is 0.833. The lowest BCUT2D eigenvalue weighted by Gasteiger charge is -1.78. The second-order valence-corrected chi connectivity index (χ2v) is 1.56. The summed E-state index contributed by atoms with van der Waals surface area (Å²) < 4.78 is 2.12. The molecular formula is C6H15N2+. The average molecular weight is 115 g/mol. The fourth-order valence-electron chi connectivity index (χ4n) is 0.526. The molecule has 0 saturated heterocycles. The Morgan fingerprint density at radius 1 is 1.50 bits per heavy atom. The lowest BCUT2D eigenvalue weighted by molar-refractivity contribution is -0.481. The van der Waals surface area contributed by atoms with Gasteiger partial charge in [0.05, 0.1) is 7.05 Å². The molecule has 0 fully saturated rings. The number of hydrogen-bond acceptors (Lipinski definition) is 1. The smallest absolute Gasteiger partial charge is 0.232 e. The van der Waals surface area contributed by atoms with E-state index in [2.05, 4.69) is 16.9 Å². The molecule has 0 aromatic heterocycles. The monoisotopic (exact) mass is 115 g/mol. The molecule has 0 aromatic rings. The van der Waals surface area contributed by atoms with Crippen LogP contribution < -0.4 is 5.32 Å². The van der Waals surface area contributed by atoms with E-state index >= 15 is 0 Å². The van der Waals surface area contributed by atoms with Crippen LogP contribution in [0.2, 0.25) is 0 Å². The Bertz CT molecular complexity index is 76.6. The van der Waals surface area contributed by atoms with Crippen LogP contribution in [0.25, 0.3) is 0 Å². The van der Waals surface area contributed by atoms with Gasteiger partial charge in [-0.3, -0.25) is 9.89 Å². The van der Waals surface area contributed by atoms with Crippen molar-refractivity contribution >= 4 is 6.34 Å². The first-order valence-electron chi connectivity index (χ1n) is 3.16. The summed E-state index contributed by atoms with van der Waals surface area (Å²) in [5.74, 6) is 0. The van der Waals surface area contributed by atoms with Crippen LogP contribution in [0.3, 0.4) is 0 Å². The van der Waals surface area contributed by atoms with E-state index in [1.165, 1.54) is 0 Å². The molecule has 1 aliphatic rings. The lowest BCUT2D eigenvalue weighted by atomic mass is 10.7. The van der Waals surface area contributed by atoms with E-state index in [4.69, 9.17) is 0 Å². The van der Waals surface area contributed by atoms with Gasteiger partial charge in [0, 0.05) is 0 Å². The second-order valence-electron chi connectivity index (χ2n) is 1.56. The Labute approximate surface area is 51.2 Å². The molecule has 0 bridgehead atoms. The number of likely N-dealkylation sites (N-methyl/N-ethyl adjacent to an activating group) is 1. The van der Waals surface area contributed by atoms with E-state index in [-0.39, 0.29) is 0 Å². The van der Waals surface area contributed by atoms with Crippen molar-refractivity contribution in [3.63, 3.8) is 0 Å². The molecule has 8 heavy (non-hydrogen) atoms. The third kappa shape index (κ3) is 2.61. The largest absolute Gasteiger partial charge is 0.277 e. The molecule has 1 aliphatic heterocycles. The van der Waals surface area contributed by atoms with Gasteiger partial charge >= 0.3 is 0 Å². The van der Waals surface area contributed by atoms with Crippen molar-refractivity contribution in [2.24, 2.45) is 0 Å². The molecule has 0 spiro atoms.